The van der Waals surface area contributed by atoms with E-state index in [-0.39, 0.29) is 0 Å². The van der Waals surface area contributed by atoms with Crippen molar-refractivity contribution in [3.63, 3.8) is 0 Å². The molecule has 0 amide bonds. The van der Waals surface area contributed by atoms with E-state index in [2.05, 4.69) is 0 Å². The first kappa shape index (κ1) is 11.8. The van der Waals surface area contributed by atoms with Crippen LogP contribution < -0.4 is 0 Å². The van der Waals surface area contributed by atoms with Gasteiger partial charge in [0.15, 0.2) is 0 Å². The molecule has 0 atom stereocenters. The van der Waals surface area contributed by atoms with Gasteiger partial charge in [-0.25, -0.2) is 0 Å². The van der Waals surface area contributed by atoms with E-state index in [0.717, 1.165) is 50.1 Å². The minimum absolute atomic E-state index is 0.336. The Balaban J connectivity index is 1.77. The molecular formula is C14H22O2. The molecule has 0 radical (unpaired) electrons. The van der Waals surface area contributed by atoms with Crippen LogP contribution in [0.5, 0.6) is 0 Å². The van der Waals surface area contributed by atoms with E-state index in [1.165, 1.54) is 25.7 Å². The third-order valence-corrected chi connectivity index (χ3v) is 4.68. The highest BCUT2D eigenvalue weighted by Gasteiger charge is 2.30. The van der Waals surface area contributed by atoms with Crippen LogP contribution in [0, 0.1) is 23.7 Å². The number of hydrogen-bond donors (Lipinski definition) is 0. The van der Waals surface area contributed by atoms with Gasteiger partial charge < -0.3 is 9.59 Å². The molecule has 90 valence electrons. The van der Waals surface area contributed by atoms with E-state index in [1.807, 2.05) is 0 Å². The van der Waals surface area contributed by atoms with E-state index in [9.17, 15) is 9.59 Å². The van der Waals surface area contributed by atoms with Crippen LogP contribution in [0.3, 0.4) is 0 Å². The SMILES string of the molecule is O=C[C@H]1CC[C@H]([C@H]2CC[C@H](C=O)CC2)CC1. The fourth-order valence-electron chi connectivity index (χ4n) is 3.50. The Bertz CT molecular complexity index is 207. The van der Waals surface area contributed by atoms with E-state index in [0.29, 0.717) is 11.8 Å². The summed E-state index contributed by atoms with van der Waals surface area (Å²) in [6.45, 7) is 0. The largest absolute Gasteiger partial charge is 0.303 e. The molecule has 2 fully saturated rings. The minimum atomic E-state index is 0.336. The summed E-state index contributed by atoms with van der Waals surface area (Å²) in [6, 6.07) is 0. The second kappa shape index (κ2) is 5.60. The molecule has 0 bridgehead atoms. The number of carbonyl (C=O) groups excluding carboxylic acids is 2. The van der Waals surface area contributed by atoms with Gasteiger partial charge in [0.05, 0.1) is 0 Å². The number of rotatable bonds is 3. The lowest BCUT2D eigenvalue weighted by atomic mass is 9.69. The molecule has 0 aromatic carbocycles. The molecule has 2 aliphatic rings. The maximum absolute atomic E-state index is 10.7. The molecule has 2 heteroatoms. The fraction of sp³-hybridized carbons (Fsp3) is 0.857. The molecule has 16 heavy (non-hydrogen) atoms. The minimum Gasteiger partial charge on any atom is -0.303 e. The van der Waals surface area contributed by atoms with E-state index in [4.69, 9.17) is 0 Å². The summed E-state index contributed by atoms with van der Waals surface area (Å²) in [5.41, 5.74) is 0. The summed E-state index contributed by atoms with van der Waals surface area (Å²) in [5.74, 6) is 2.35. The van der Waals surface area contributed by atoms with Gasteiger partial charge in [-0.2, -0.15) is 0 Å². The lowest BCUT2D eigenvalue weighted by Gasteiger charge is -2.35. The highest BCUT2D eigenvalue weighted by molar-refractivity contribution is 5.54. The summed E-state index contributed by atoms with van der Waals surface area (Å²) >= 11 is 0. The fourth-order valence-corrected chi connectivity index (χ4v) is 3.50. The van der Waals surface area contributed by atoms with Gasteiger partial charge in [0.1, 0.15) is 12.6 Å². The van der Waals surface area contributed by atoms with Gasteiger partial charge in [-0.3, -0.25) is 0 Å². The highest BCUT2D eigenvalue weighted by Crippen LogP contribution is 2.40. The second-order valence-corrected chi connectivity index (χ2v) is 5.62. The van der Waals surface area contributed by atoms with E-state index in [1.54, 1.807) is 0 Å². The van der Waals surface area contributed by atoms with Crippen LogP contribution in [0.2, 0.25) is 0 Å². The first-order chi connectivity index (χ1) is 7.83. The van der Waals surface area contributed by atoms with Crippen molar-refractivity contribution in [1.82, 2.24) is 0 Å². The number of carbonyl (C=O) groups is 2. The van der Waals surface area contributed by atoms with Crippen LogP contribution in [-0.2, 0) is 9.59 Å². The van der Waals surface area contributed by atoms with Crippen molar-refractivity contribution in [2.75, 3.05) is 0 Å². The molecule has 0 aromatic rings. The maximum atomic E-state index is 10.7. The van der Waals surface area contributed by atoms with Crippen LogP contribution in [-0.4, -0.2) is 12.6 Å². The maximum Gasteiger partial charge on any atom is 0.123 e. The standard InChI is InChI=1S/C14H22O2/c15-9-11-1-5-13(6-2-11)14-7-3-12(10-16)4-8-14/h9-14H,1-8H2/t11-,12-,13-,14-. The topological polar surface area (TPSA) is 34.1 Å². The van der Waals surface area contributed by atoms with Crippen LogP contribution >= 0.6 is 0 Å². The zero-order chi connectivity index (χ0) is 11.4. The first-order valence-electron chi connectivity index (χ1n) is 6.74. The molecule has 0 heterocycles. The van der Waals surface area contributed by atoms with Gasteiger partial charge in [-0.1, -0.05) is 0 Å². The van der Waals surface area contributed by atoms with E-state index < -0.39 is 0 Å². The summed E-state index contributed by atoms with van der Waals surface area (Å²) in [7, 11) is 0. The van der Waals surface area contributed by atoms with Crippen molar-refractivity contribution in [2.24, 2.45) is 23.7 Å². The molecule has 0 unspecified atom stereocenters. The molecule has 0 spiro atoms. The summed E-state index contributed by atoms with van der Waals surface area (Å²) in [6.07, 6.45) is 11.6. The molecule has 0 saturated heterocycles. The Hall–Kier alpha value is -0.660. The van der Waals surface area contributed by atoms with Gasteiger partial charge in [0.25, 0.3) is 0 Å². The molecule has 2 saturated carbocycles. The quantitative estimate of drug-likeness (QED) is 0.688. The third kappa shape index (κ3) is 2.72. The lowest BCUT2D eigenvalue weighted by molar-refractivity contribution is -0.113. The van der Waals surface area contributed by atoms with Crippen LogP contribution in [0.25, 0.3) is 0 Å². The van der Waals surface area contributed by atoms with Crippen molar-refractivity contribution in [2.45, 2.75) is 51.4 Å². The van der Waals surface area contributed by atoms with E-state index >= 15 is 0 Å². The summed E-state index contributed by atoms with van der Waals surface area (Å²) < 4.78 is 0. The number of hydrogen-bond acceptors (Lipinski definition) is 2. The van der Waals surface area contributed by atoms with Crippen molar-refractivity contribution in [1.29, 1.82) is 0 Å². The van der Waals surface area contributed by atoms with Gasteiger partial charge in [0, 0.05) is 11.8 Å². The van der Waals surface area contributed by atoms with Gasteiger partial charge in [-0.15, -0.1) is 0 Å². The normalized spacial score (nSPS) is 40.2. The monoisotopic (exact) mass is 222 g/mol. The van der Waals surface area contributed by atoms with Crippen molar-refractivity contribution in [3.8, 4) is 0 Å². The predicted octanol–water partition coefficient (Wildman–Crippen LogP) is 3.00. The molecule has 2 nitrogen and oxygen atoms in total. The first-order valence-corrected chi connectivity index (χ1v) is 6.74. The Morgan fingerprint density at radius 2 is 0.875 bits per heavy atom. The Labute approximate surface area is 97.8 Å². The molecule has 2 aliphatic carbocycles. The lowest BCUT2D eigenvalue weighted by Crippen LogP contribution is -2.26. The Morgan fingerprint density at radius 3 is 1.12 bits per heavy atom. The van der Waals surface area contributed by atoms with Gasteiger partial charge in [0.2, 0.25) is 0 Å². The number of aldehydes is 2. The summed E-state index contributed by atoms with van der Waals surface area (Å²) in [4.78, 5) is 21.4. The average Bonchev–Trinajstić information content (AvgIpc) is 2.39. The molecule has 0 aliphatic heterocycles. The van der Waals surface area contributed by atoms with Crippen LogP contribution in [0.4, 0.5) is 0 Å². The van der Waals surface area contributed by atoms with Crippen LogP contribution in [0.15, 0.2) is 0 Å². The Morgan fingerprint density at radius 1 is 0.562 bits per heavy atom. The predicted molar refractivity (Wildman–Crippen MR) is 63.0 cm³/mol. The molecule has 0 N–H and O–H groups in total. The molecular weight excluding hydrogens is 200 g/mol. The van der Waals surface area contributed by atoms with Crippen LogP contribution in [0.1, 0.15) is 51.4 Å². The molecule has 2 rings (SSSR count). The zero-order valence-corrected chi connectivity index (χ0v) is 9.94. The van der Waals surface area contributed by atoms with Crippen molar-refractivity contribution in [3.05, 3.63) is 0 Å². The summed E-state index contributed by atoms with van der Waals surface area (Å²) in [5, 5.41) is 0. The smallest absolute Gasteiger partial charge is 0.123 e. The highest BCUT2D eigenvalue weighted by atomic mass is 16.1. The van der Waals surface area contributed by atoms with Gasteiger partial charge in [-0.05, 0) is 63.2 Å². The second-order valence-electron chi connectivity index (χ2n) is 5.62. The Kier molecular flexibility index (Phi) is 4.14. The average molecular weight is 222 g/mol. The van der Waals surface area contributed by atoms with Crippen molar-refractivity contribution < 1.29 is 9.59 Å². The zero-order valence-electron chi connectivity index (χ0n) is 9.94. The third-order valence-electron chi connectivity index (χ3n) is 4.68. The van der Waals surface area contributed by atoms with Crippen molar-refractivity contribution >= 4 is 12.6 Å². The molecule has 0 aromatic heterocycles. The van der Waals surface area contributed by atoms with Gasteiger partial charge >= 0.3 is 0 Å².